The van der Waals surface area contributed by atoms with Crippen molar-refractivity contribution in [2.24, 2.45) is 5.92 Å². The van der Waals surface area contributed by atoms with E-state index in [0.717, 1.165) is 24.3 Å². The predicted molar refractivity (Wildman–Crippen MR) is 101 cm³/mol. The molecule has 1 aliphatic rings. The SMILES string of the molecule is C=C1Nc2ncnn2[C@@H](c2ccc(N(CC)CC)cc2)[C@@H]1C(=O)OCC. The molecular formula is C19H25N5O2. The number of hydrogen-bond donors (Lipinski definition) is 1. The van der Waals surface area contributed by atoms with Gasteiger partial charge in [0, 0.05) is 24.5 Å². The average molecular weight is 355 g/mol. The van der Waals surface area contributed by atoms with Crippen molar-refractivity contribution in [3.05, 3.63) is 48.4 Å². The molecule has 0 radical (unpaired) electrons. The van der Waals surface area contributed by atoms with Crippen LogP contribution >= 0.6 is 0 Å². The lowest BCUT2D eigenvalue weighted by Gasteiger charge is -2.33. The fourth-order valence-electron chi connectivity index (χ4n) is 3.40. The van der Waals surface area contributed by atoms with Crippen LogP contribution < -0.4 is 10.2 Å². The lowest BCUT2D eigenvalue weighted by molar-refractivity contribution is -0.147. The summed E-state index contributed by atoms with van der Waals surface area (Å²) in [5.41, 5.74) is 2.69. The minimum Gasteiger partial charge on any atom is -0.465 e. The Labute approximate surface area is 153 Å². The van der Waals surface area contributed by atoms with E-state index >= 15 is 0 Å². The number of benzene rings is 1. The molecule has 1 aromatic heterocycles. The van der Waals surface area contributed by atoms with Crippen molar-refractivity contribution < 1.29 is 9.53 Å². The number of ether oxygens (including phenoxy) is 1. The molecule has 1 aliphatic heterocycles. The fourth-order valence-corrected chi connectivity index (χ4v) is 3.40. The molecule has 26 heavy (non-hydrogen) atoms. The summed E-state index contributed by atoms with van der Waals surface area (Å²) in [5.74, 6) is -0.305. The van der Waals surface area contributed by atoms with E-state index in [2.05, 4.69) is 52.9 Å². The molecule has 3 rings (SSSR count). The summed E-state index contributed by atoms with van der Waals surface area (Å²) in [7, 11) is 0. The highest BCUT2D eigenvalue weighted by atomic mass is 16.5. The molecule has 2 aromatic rings. The molecule has 1 N–H and O–H groups in total. The van der Waals surface area contributed by atoms with Crippen LogP contribution in [0.2, 0.25) is 0 Å². The first-order valence-electron chi connectivity index (χ1n) is 8.97. The third-order valence-electron chi connectivity index (χ3n) is 4.70. The van der Waals surface area contributed by atoms with E-state index in [9.17, 15) is 4.79 Å². The zero-order valence-electron chi connectivity index (χ0n) is 15.5. The number of esters is 1. The second-order valence-corrected chi connectivity index (χ2v) is 6.12. The van der Waals surface area contributed by atoms with Gasteiger partial charge < -0.3 is 15.0 Å². The molecule has 0 amide bonds. The van der Waals surface area contributed by atoms with Crippen LogP contribution in [0, 0.1) is 5.92 Å². The van der Waals surface area contributed by atoms with Crippen LogP contribution in [0.3, 0.4) is 0 Å². The number of carbonyl (C=O) groups is 1. The average Bonchev–Trinajstić information content (AvgIpc) is 3.10. The van der Waals surface area contributed by atoms with Crippen LogP contribution in [0.25, 0.3) is 0 Å². The molecule has 0 saturated carbocycles. The minimum absolute atomic E-state index is 0.316. The van der Waals surface area contributed by atoms with E-state index in [-0.39, 0.29) is 12.0 Å². The van der Waals surface area contributed by atoms with E-state index in [0.29, 0.717) is 18.3 Å². The first kappa shape index (κ1) is 18.0. The zero-order chi connectivity index (χ0) is 18.7. The Morgan fingerprint density at radius 3 is 2.58 bits per heavy atom. The number of carbonyl (C=O) groups excluding carboxylic acids is 1. The topological polar surface area (TPSA) is 72.3 Å². The molecule has 0 unspecified atom stereocenters. The third-order valence-corrected chi connectivity index (χ3v) is 4.70. The van der Waals surface area contributed by atoms with Gasteiger partial charge in [-0.2, -0.15) is 10.1 Å². The Hall–Kier alpha value is -2.83. The van der Waals surface area contributed by atoms with Crippen LogP contribution in [0.4, 0.5) is 11.6 Å². The molecule has 138 valence electrons. The van der Waals surface area contributed by atoms with Gasteiger partial charge in [-0.1, -0.05) is 18.7 Å². The van der Waals surface area contributed by atoms with Crippen molar-refractivity contribution in [1.29, 1.82) is 0 Å². The summed E-state index contributed by atoms with van der Waals surface area (Å²) in [6.45, 7) is 12.3. The molecule has 7 nitrogen and oxygen atoms in total. The van der Waals surface area contributed by atoms with Gasteiger partial charge in [0.2, 0.25) is 5.95 Å². The van der Waals surface area contributed by atoms with E-state index in [4.69, 9.17) is 4.74 Å². The summed E-state index contributed by atoms with van der Waals surface area (Å²) in [6, 6.07) is 7.88. The molecule has 0 bridgehead atoms. The van der Waals surface area contributed by atoms with E-state index in [1.807, 2.05) is 12.1 Å². The summed E-state index contributed by atoms with van der Waals surface area (Å²) in [5, 5.41) is 7.38. The van der Waals surface area contributed by atoms with Gasteiger partial charge in [-0.05, 0) is 38.5 Å². The van der Waals surface area contributed by atoms with E-state index in [1.54, 1.807) is 11.6 Å². The summed E-state index contributed by atoms with van der Waals surface area (Å²) < 4.78 is 7.01. The fraction of sp³-hybridized carbons (Fsp3) is 0.421. The summed E-state index contributed by atoms with van der Waals surface area (Å²) in [4.78, 5) is 19.1. The molecule has 0 fully saturated rings. The molecule has 0 aliphatic carbocycles. The van der Waals surface area contributed by atoms with Crippen molar-refractivity contribution in [1.82, 2.24) is 14.8 Å². The number of rotatable bonds is 6. The lowest BCUT2D eigenvalue weighted by Crippen LogP contribution is -2.37. The van der Waals surface area contributed by atoms with Crippen molar-refractivity contribution in [3.8, 4) is 0 Å². The maximum absolute atomic E-state index is 12.6. The second-order valence-electron chi connectivity index (χ2n) is 6.12. The number of nitrogens with one attached hydrogen (secondary N) is 1. The van der Waals surface area contributed by atoms with E-state index in [1.165, 1.54) is 6.33 Å². The van der Waals surface area contributed by atoms with Gasteiger partial charge in [0.15, 0.2) is 0 Å². The third kappa shape index (κ3) is 3.16. The van der Waals surface area contributed by atoms with Gasteiger partial charge in [0.05, 0.1) is 12.6 Å². The highest BCUT2D eigenvalue weighted by Gasteiger charge is 2.40. The van der Waals surface area contributed by atoms with Crippen molar-refractivity contribution in [2.45, 2.75) is 26.8 Å². The largest absolute Gasteiger partial charge is 0.465 e. The predicted octanol–water partition coefficient (Wildman–Crippen LogP) is 2.83. The van der Waals surface area contributed by atoms with Crippen molar-refractivity contribution in [2.75, 3.05) is 29.9 Å². The second kappa shape index (κ2) is 7.59. The van der Waals surface area contributed by atoms with Crippen LogP contribution in [0.5, 0.6) is 0 Å². The molecular weight excluding hydrogens is 330 g/mol. The Bertz CT molecular complexity index is 779. The van der Waals surface area contributed by atoms with E-state index < -0.39 is 5.92 Å². The van der Waals surface area contributed by atoms with Crippen molar-refractivity contribution in [3.63, 3.8) is 0 Å². The smallest absolute Gasteiger partial charge is 0.317 e. The number of aromatic nitrogens is 3. The Balaban J connectivity index is 2.01. The van der Waals surface area contributed by atoms with Crippen LogP contribution in [-0.4, -0.2) is 40.4 Å². The Morgan fingerprint density at radius 2 is 1.96 bits per heavy atom. The molecule has 7 heteroatoms. The Morgan fingerprint density at radius 1 is 1.27 bits per heavy atom. The zero-order valence-corrected chi connectivity index (χ0v) is 15.5. The van der Waals surface area contributed by atoms with Gasteiger partial charge in [0.25, 0.3) is 0 Å². The highest BCUT2D eigenvalue weighted by Crippen LogP contribution is 2.38. The summed E-state index contributed by atoms with van der Waals surface area (Å²) in [6.07, 6.45) is 1.47. The van der Waals surface area contributed by atoms with Gasteiger partial charge in [0.1, 0.15) is 12.2 Å². The first-order valence-corrected chi connectivity index (χ1v) is 8.97. The van der Waals surface area contributed by atoms with Crippen LogP contribution in [0.15, 0.2) is 42.9 Å². The highest BCUT2D eigenvalue weighted by molar-refractivity contribution is 5.79. The van der Waals surface area contributed by atoms with Crippen molar-refractivity contribution >= 4 is 17.6 Å². The lowest BCUT2D eigenvalue weighted by atomic mass is 9.89. The van der Waals surface area contributed by atoms with Gasteiger partial charge in [-0.25, -0.2) is 4.68 Å². The van der Waals surface area contributed by atoms with Crippen LogP contribution in [-0.2, 0) is 9.53 Å². The normalized spacial score (nSPS) is 18.8. The molecule has 0 spiro atoms. The molecule has 2 atom stereocenters. The molecule has 2 heterocycles. The maximum atomic E-state index is 12.6. The Kier molecular flexibility index (Phi) is 5.25. The van der Waals surface area contributed by atoms with Gasteiger partial charge >= 0.3 is 5.97 Å². The van der Waals surface area contributed by atoms with Crippen LogP contribution in [0.1, 0.15) is 32.4 Å². The quantitative estimate of drug-likeness (QED) is 0.804. The minimum atomic E-state index is -0.566. The van der Waals surface area contributed by atoms with Gasteiger partial charge in [-0.3, -0.25) is 4.79 Å². The number of anilines is 2. The molecule has 0 saturated heterocycles. The van der Waals surface area contributed by atoms with Gasteiger partial charge in [-0.15, -0.1) is 0 Å². The first-order chi connectivity index (χ1) is 12.6. The number of nitrogens with zero attached hydrogens (tertiary/aromatic N) is 4. The standard InChI is InChI=1S/C19H25N5O2/c1-5-23(6-2)15-10-8-14(9-11-15)17-16(18(25)26-7-3)13(4)22-19-20-12-21-24(17)19/h8-12,16-17H,4-7H2,1-3H3,(H,20,21,22)/t16-,17+/m1/s1. The monoisotopic (exact) mass is 355 g/mol. The maximum Gasteiger partial charge on any atom is 0.317 e. The number of hydrogen-bond acceptors (Lipinski definition) is 6. The molecule has 1 aromatic carbocycles. The summed E-state index contributed by atoms with van der Waals surface area (Å²) >= 11 is 0. The number of fused-ring (bicyclic) bond motifs is 1.